The number of amides is 1. The van der Waals surface area contributed by atoms with E-state index in [1.54, 1.807) is 0 Å². The molecule has 2 N–H and O–H groups in total. The van der Waals surface area contributed by atoms with E-state index >= 15 is 0 Å². The Hall–Kier alpha value is -1.95. The lowest BCUT2D eigenvalue weighted by atomic mass is 10.2. The third kappa shape index (κ3) is 3.27. The predicted molar refractivity (Wildman–Crippen MR) is 62.7 cm³/mol. The van der Waals surface area contributed by atoms with E-state index in [2.05, 4.69) is 10.1 Å². The molecule has 0 saturated heterocycles. The summed E-state index contributed by atoms with van der Waals surface area (Å²) in [4.78, 5) is 11.2. The highest BCUT2D eigenvalue weighted by atomic mass is 16.6. The van der Waals surface area contributed by atoms with E-state index in [0.29, 0.717) is 31.3 Å². The first-order valence-electron chi connectivity index (χ1n) is 5.69. The Morgan fingerprint density at radius 3 is 2.89 bits per heavy atom. The van der Waals surface area contributed by atoms with Crippen molar-refractivity contribution in [3.63, 3.8) is 0 Å². The Bertz CT molecular complexity index is 421. The summed E-state index contributed by atoms with van der Waals surface area (Å²) in [7, 11) is 0. The van der Waals surface area contributed by atoms with Gasteiger partial charge in [-0.2, -0.15) is 0 Å². The van der Waals surface area contributed by atoms with E-state index < -0.39 is 6.09 Å². The molecule has 0 bridgehead atoms. The lowest BCUT2D eigenvalue weighted by molar-refractivity contribution is 0.119. The fourth-order valence-electron chi connectivity index (χ4n) is 1.56. The van der Waals surface area contributed by atoms with Crippen molar-refractivity contribution in [2.45, 2.75) is 6.54 Å². The smallest absolute Gasteiger partial charge is 0.407 e. The Labute approximate surface area is 104 Å². The minimum atomic E-state index is -0.557. The maximum atomic E-state index is 11.2. The van der Waals surface area contributed by atoms with Gasteiger partial charge in [-0.25, -0.2) is 4.79 Å². The van der Waals surface area contributed by atoms with Crippen molar-refractivity contribution in [2.24, 2.45) is 0 Å². The van der Waals surface area contributed by atoms with E-state index in [-0.39, 0.29) is 13.2 Å². The Balaban J connectivity index is 1.88. The molecule has 0 spiro atoms. The zero-order valence-electron chi connectivity index (χ0n) is 9.85. The van der Waals surface area contributed by atoms with E-state index in [1.807, 2.05) is 18.2 Å². The first kappa shape index (κ1) is 12.5. The molecule has 0 atom stereocenters. The predicted octanol–water partition coefficient (Wildman–Crippen LogP) is 0.676. The average Bonchev–Trinajstić information content (AvgIpc) is 2.42. The molecular formula is C12H15NO5. The Morgan fingerprint density at radius 1 is 1.33 bits per heavy atom. The van der Waals surface area contributed by atoms with Crippen LogP contribution in [0.15, 0.2) is 18.2 Å². The molecule has 6 nitrogen and oxygen atoms in total. The van der Waals surface area contributed by atoms with E-state index in [1.165, 1.54) is 0 Å². The quantitative estimate of drug-likeness (QED) is 0.825. The van der Waals surface area contributed by atoms with Crippen LogP contribution in [0, 0.1) is 0 Å². The lowest BCUT2D eigenvalue weighted by Crippen LogP contribution is -2.25. The summed E-state index contributed by atoms with van der Waals surface area (Å²) in [6.45, 7) is 1.23. The summed E-state index contributed by atoms with van der Waals surface area (Å²) in [5.41, 5.74) is 0.889. The van der Waals surface area contributed by atoms with Gasteiger partial charge in [0, 0.05) is 6.54 Å². The van der Waals surface area contributed by atoms with Gasteiger partial charge >= 0.3 is 6.09 Å². The van der Waals surface area contributed by atoms with Gasteiger partial charge in [0.1, 0.15) is 19.8 Å². The number of hydrogen-bond acceptors (Lipinski definition) is 5. The van der Waals surface area contributed by atoms with Gasteiger partial charge < -0.3 is 24.6 Å². The van der Waals surface area contributed by atoms with Crippen molar-refractivity contribution in [1.29, 1.82) is 0 Å². The number of nitrogens with one attached hydrogen (secondary N) is 1. The summed E-state index contributed by atoms with van der Waals surface area (Å²) >= 11 is 0. The van der Waals surface area contributed by atoms with Gasteiger partial charge in [-0.1, -0.05) is 6.07 Å². The molecule has 0 radical (unpaired) electrons. The summed E-state index contributed by atoms with van der Waals surface area (Å²) in [6.07, 6.45) is -0.557. The van der Waals surface area contributed by atoms with Crippen molar-refractivity contribution >= 4 is 6.09 Å². The molecule has 1 aromatic rings. The molecule has 0 fully saturated rings. The number of rotatable bonds is 4. The van der Waals surface area contributed by atoms with Crippen LogP contribution in [0.5, 0.6) is 11.5 Å². The standard InChI is InChI=1S/C12H15NO5/c14-3-4-18-12(15)13-8-9-1-2-10-11(7-9)17-6-5-16-10/h1-2,7,14H,3-6,8H2,(H,13,15). The highest BCUT2D eigenvalue weighted by molar-refractivity contribution is 5.67. The molecule has 0 saturated carbocycles. The first-order valence-corrected chi connectivity index (χ1v) is 5.69. The van der Waals surface area contributed by atoms with Crippen LogP contribution in [0.1, 0.15) is 5.56 Å². The van der Waals surface area contributed by atoms with Crippen LogP contribution in [0.4, 0.5) is 4.79 Å². The molecule has 6 heteroatoms. The molecule has 98 valence electrons. The molecule has 1 heterocycles. The van der Waals surface area contributed by atoms with Gasteiger partial charge in [0.05, 0.1) is 6.61 Å². The molecule has 2 rings (SSSR count). The summed E-state index contributed by atoms with van der Waals surface area (Å²) < 4.78 is 15.5. The number of hydrogen-bond donors (Lipinski definition) is 2. The summed E-state index contributed by atoms with van der Waals surface area (Å²) in [5.74, 6) is 1.40. The third-order valence-corrected chi connectivity index (χ3v) is 2.37. The number of benzene rings is 1. The van der Waals surface area contributed by atoms with Crippen LogP contribution in [0.3, 0.4) is 0 Å². The fraction of sp³-hybridized carbons (Fsp3) is 0.417. The SMILES string of the molecule is O=C(NCc1ccc2c(c1)OCCO2)OCCO. The molecule has 1 aliphatic rings. The minimum absolute atomic E-state index is 0.00697. The van der Waals surface area contributed by atoms with E-state index in [0.717, 1.165) is 5.56 Å². The number of alkyl carbamates (subject to hydrolysis) is 1. The largest absolute Gasteiger partial charge is 0.486 e. The number of aliphatic hydroxyl groups excluding tert-OH is 1. The number of aliphatic hydroxyl groups is 1. The second-order valence-corrected chi connectivity index (χ2v) is 3.69. The number of fused-ring (bicyclic) bond motifs is 1. The lowest BCUT2D eigenvalue weighted by Gasteiger charge is -2.18. The molecular weight excluding hydrogens is 238 g/mol. The van der Waals surface area contributed by atoms with Crippen LogP contribution in [-0.4, -0.2) is 37.6 Å². The zero-order valence-corrected chi connectivity index (χ0v) is 9.85. The maximum absolute atomic E-state index is 11.2. The van der Waals surface area contributed by atoms with Crippen molar-refractivity contribution in [2.75, 3.05) is 26.4 Å². The van der Waals surface area contributed by atoms with Crippen LogP contribution in [0.2, 0.25) is 0 Å². The van der Waals surface area contributed by atoms with Crippen LogP contribution >= 0.6 is 0 Å². The fourth-order valence-corrected chi connectivity index (χ4v) is 1.56. The molecule has 1 amide bonds. The van der Waals surface area contributed by atoms with Gasteiger partial charge in [-0.3, -0.25) is 0 Å². The Morgan fingerprint density at radius 2 is 2.11 bits per heavy atom. The van der Waals surface area contributed by atoms with Crippen molar-refractivity contribution in [1.82, 2.24) is 5.32 Å². The highest BCUT2D eigenvalue weighted by Crippen LogP contribution is 2.30. The molecule has 0 aliphatic carbocycles. The van der Waals surface area contributed by atoms with E-state index in [4.69, 9.17) is 14.6 Å². The third-order valence-electron chi connectivity index (χ3n) is 2.37. The van der Waals surface area contributed by atoms with Gasteiger partial charge in [0.25, 0.3) is 0 Å². The van der Waals surface area contributed by atoms with Crippen LogP contribution in [-0.2, 0) is 11.3 Å². The van der Waals surface area contributed by atoms with Gasteiger partial charge in [-0.05, 0) is 17.7 Å². The molecule has 1 aromatic carbocycles. The van der Waals surface area contributed by atoms with Gasteiger partial charge in [0.2, 0.25) is 0 Å². The van der Waals surface area contributed by atoms with Gasteiger partial charge in [0.15, 0.2) is 11.5 Å². The molecule has 0 aromatic heterocycles. The van der Waals surface area contributed by atoms with Gasteiger partial charge in [-0.15, -0.1) is 0 Å². The normalized spacial score (nSPS) is 12.9. The molecule has 0 unspecified atom stereocenters. The summed E-state index contributed by atoms with van der Waals surface area (Å²) in [5, 5.41) is 11.1. The number of carbonyl (C=O) groups excluding carboxylic acids is 1. The average molecular weight is 253 g/mol. The zero-order chi connectivity index (χ0) is 12.8. The van der Waals surface area contributed by atoms with Crippen molar-refractivity contribution < 1.29 is 24.1 Å². The summed E-state index contributed by atoms with van der Waals surface area (Å²) in [6, 6.07) is 5.48. The Kier molecular flexibility index (Phi) is 4.25. The monoisotopic (exact) mass is 253 g/mol. The first-order chi connectivity index (χ1) is 8.79. The number of carbonyl (C=O) groups is 1. The van der Waals surface area contributed by atoms with Crippen LogP contribution < -0.4 is 14.8 Å². The highest BCUT2D eigenvalue weighted by Gasteiger charge is 2.11. The van der Waals surface area contributed by atoms with Crippen LogP contribution in [0.25, 0.3) is 0 Å². The second-order valence-electron chi connectivity index (χ2n) is 3.69. The minimum Gasteiger partial charge on any atom is -0.486 e. The van der Waals surface area contributed by atoms with Crippen molar-refractivity contribution in [3.05, 3.63) is 23.8 Å². The topological polar surface area (TPSA) is 77.0 Å². The maximum Gasteiger partial charge on any atom is 0.407 e. The molecule has 18 heavy (non-hydrogen) atoms. The van der Waals surface area contributed by atoms with E-state index in [9.17, 15) is 4.79 Å². The second kappa shape index (κ2) is 6.11. The van der Waals surface area contributed by atoms with Crippen molar-refractivity contribution in [3.8, 4) is 11.5 Å². The molecule has 1 aliphatic heterocycles. The number of ether oxygens (including phenoxy) is 3.